The molecule has 47 heavy (non-hydrogen) atoms. The molecule has 1 aliphatic rings. The van der Waals surface area contributed by atoms with Crippen LogP contribution < -0.4 is 4.74 Å². The molecule has 0 fully saturated rings. The summed E-state index contributed by atoms with van der Waals surface area (Å²) in [4.78, 5) is 0. The van der Waals surface area contributed by atoms with E-state index in [0.29, 0.717) is 0 Å². The fourth-order valence-corrected chi connectivity index (χ4v) is 9.09. The molecule has 0 bridgehead atoms. The fraction of sp³-hybridized carbons (Fsp3) is 0.0222. The molecule has 0 spiro atoms. The van der Waals surface area contributed by atoms with Gasteiger partial charge in [-0.15, -0.1) is 11.3 Å². The van der Waals surface area contributed by atoms with Crippen LogP contribution in [0.25, 0.3) is 52.8 Å². The number of fused-ring (bicyclic) bond motifs is 9. The lowest BCUT2D eigenvalue weighted by Crippen LogP contribution is -2.34. The Bertz CT molecular complexity index is 2560. The van der Waals surface area contributed by atoms with Crippen LogP contribution in [0, 0.1) is 0 Å². The quantitative estimate of drug-likeness (QED) is 0.192. The fourth-order valence-electron chi connectivity index (χ4n) is 7.94. The third kappa shape index (κ3) is 3.83. The molecule has 0 N–H and O–H groups in total. The molecule has 0 aliphatic carbocycles. The number of hydrogen-bond donors (Lipinski definition) is 0. The third-order valence-electron chi connectivity index (χ3n) is 9.99. The zero-order valence-corrected chi connectivity index (χ0v) is 26.3. The Balaban J connectivity index is 1.27. The van der Waals surface area contributed by atoms with Gasteiger partial charge in [-0.3, -0.25) is 0 Å². The molecule has 1 aliphatic heterocycles. The van der Waals surface area contributed by atoms with Crippen molar-refractivity contribution in [1.29, 1.82) is 0 Å². The van der Waals surface area contributed by atoms with Crippen molar-refractivity contribution in [1.82, 2.24) is 0 Å². The number of hydrogen-bond acceptors (Lipinski definition) is 2. The van der Waals surface area contributed by atoms with Gasteiger partial charge in [0.1, 0.15) is 11.5 Å². The van der Waals surface area contributed by atoms with Gasteiger partial charge in [0.15, 0.2) is 0 Å². The van der Waals surface area contributed by atoms with E-state index in [9.17, 15) is 0 Å². The van der Waals surface area contributed by atoms with E-state index in [1.165, 1.54) is 75.1 Å². The van der Waals surface area contributed by atoms with E-state index < -0.39 is 5.41 Å². The second kappa shape index (κ2) is 10.2. The van der Waals surface area contributed by atoms with E-state index in [1.54, 1.807) is 0 Å². The summed E-state index contributed by atoms with van der Waals surface area (Å²) in [6.45, 7) is 0. The summed E-state index contributed by atoms with van der Waals surface area (Å²) in [5.74, 6) is 1.80. The van der Waals surface area contributed by atoms with Crippen molar-refractivity contribution in [3.63, 3.8) is 0 Å². The average Bonchev–Trinajstić information content (AvgIpc) is 3.52. The van der Waals surface area contributed by atoms with Crippen LogP contribution in [0.15, 0.2) is 170 Å². The molecule has 0 amide bonds. The Morgan fingerprint density at radius 3 is 1.60 bits per heavy atom. The number of thiophene rings is 1. The van der Waals surface area contributed by atoms with Gasteiger partial charge in [0.2, 0.25) is 0 Å². The molecular weight excluding hydrogens is 589 g/mol. The van der Waals surface area contributed by atoms with Gasteiger partial charge >= 0.3 is 0 Å². The summed E-state index contributed by atoms with van der Waals surface area (Å²) in [5, 5.41) is 7.45. The summed E-state index contributed by atoms with van der Waals surface area (Å²) in [6.07, 6.45) is 0. The first-order chi connectivity index (χ1) is 23.3. The maximum absolute atomic E-state index is 6.85. The average molecular weight is 617 g/mol. The number of ether oxygens (including phenoxy) is 1. The van der Waals surface area contributed by atoms with Crippen molar-refractivity contribution in [2.24, 2.45) is 0 Å². The predicted octanol–water partition coefficient (Wildman–Crippen LogP) is 12.5. The summed E-state index contributed by atoms with van der Waals surface area (Å²) in [6, 6.07) is 62.0. The highest BCUT2D eigenvalue weighted by Gasteiger charge is 2.47. The van der Waals surface area contributed by atoms with Crippen LogP contribution in [0.3, 0.4) is 0 Å². The van der Waals surface area contributed by atoms with Gasteiger partial charge in [-0.1, -0.05) is 146 Å². The van der Waals surface area contributed by atoms with Crippen molar-refractivity contribution in [3.8, 4) is 22.6 Å². The topological polar surface area (TPSA) is 9.23 Å². The minimum absolute atomic E-state index is 0.625. The van der Waals surface area contributed by atoms with Crippen LogP contribution in [0.5, 0.6) is 11.5 Å². The minimum atomic E-state index is -0.625. The second-order valence-electron chi connectivity index (χ2n) is 12.4. The van der Waals surface area contributed by atoms with E-state index in [0.717, 1.165) is 11.5 Å². The van der Waals surface area contributed by atoms with Crippen molar-refractivity contribution < 1.29 is 4.74 Å². The highest BCUT2D eigenvalue weighted by molar-refractivity contribution is 7.25. The van der Waals surface area contributed by atoms with Crippen molar-refractivity contribution in [2.45, 2.75) is 5.41 Å². The minimum Gasteiger partial charge on any atom is -0.457 e. The number of rotatable bonds is 3. The van der Waals surface area contributed by atoms with Crippen LogP contribution in [-0.4, -0.2) is 0 Å². The standard InChI is InChI=1S/C45H28OS/c1-2-12-33(13-3-1)45(34-23-18-29(19-24-34)32-20-25-38-37-16-8-9-17-41(37)47-42(38)28-32)43-35-14-6-4-10-30(35)21-26-39(43)46-40-27-22-31-11-5-7-15-36(31)44(40)45/h1-28H. The predicted molar refractivity (Wildman–Crippen MR) is 198 cm³/mol. The molecule has 10 rings (SSSR count). The van der Waals surface area contributed by atoms with Crippen molar-refractivity contribution in [2.75, 3.05) is 0 Å². The molecule has 0 unspecified atom stereocenters. The van der Waals surface area contributed by atoms with Gasteiger partial charge in [-0.05, 0) is 68.1 Å². The van der Waals surface area contributed by atoms with Crippen LogP contribution >= 0.6 is 11.3 Å². The molecule has 8 aromatic carbocycles. The first kappa shape index (κ1) is 26.5. The second-order valence-corrected chi connectivity index (χ2v) is 13.5. The molecule has 2 heterocycles. The lowest BCUT2D eigenvalue weighted by atomic mass is 9.61. The van der Waals surface area contributed by atoms with Crippen molar-refractivity contribution in [3.05, 3.63) is 192 Å². The Hall–Kier alpha value is -5.70. The van der Waals surface area contributed by atoms with Crippen LogP contribution in [0.4, 0.5) is 0 Å². The SMILES string of the molecule is c1ccc(C2(c3ccc(-c4ccc5c(c4)sc4ccccc45)cc3)c3c(ccc4ccccc34)Oc3ccc4ccccc4c32)cc1. The van der Waals surface area contributed by atoms with Gasteiger partial charge in [-0.2, -0.15) is 0 Å². The highest BCUT2D eigenvalue weighted by Crippen LogP contribution is 2.59. The lowest BCUT2D eigenvalue weighted by molar-refractivity contribution is 0.439. The molecule has 1 nitrogen and oxygen atoms in total. The van der Waals surface area contributed by atoms with Gasteiger partial charge in [0.25, 0.3) is 0 Å². The summed E-state index contributed by atoms with van der Waals surface area (Å²) in [7, 11) is 0. The van der Waals surface area contributed by atoms with E-state index in [1.807, 2.05) is 11.3 Å². The van der Waals surface area contributed by atoms with Crippen molar-refractivity contribution >= 4 is 53.1 Å². The first-order valence-corrected chi connectivity index (χ1v) is 16.9. The van der Waals surface area contributed by atoms with Gasteiger partial charge in [-0.25, -0.2) is 0 Å². The van der Waals surface area contributed by atoms with Crippen LogP contribution in [0.2, 0.25) is 0 Å². The third-order valence-corrected chi connectivity index (χ3v) is 11.1. The molecule has 1 aromatic heterocycles. The molecule has 9 aromatic rings. The maximum Gasteiger partial charge on any atom is 0.132 e. The Kier molecular flexibility index (Phi) is 5.73. The molecule has 2 heteroatoms. The lowest BCUT2D eigenvalue weighted by Gasteiger charge is -2.43. The number of benzene rings is 8. The van der Waals surface area contributed by atoms with E-state index in [2.05, 4.69) is 170 Å². The summed E-state index contributed by atoms with van der Waals surface area (Å²) < 4.78 is 9.50. The zero-order valence-electron chi connectivity index (χ0n) is 25.5. The maximum atomic E-state index is 6.85. The smallest absolute Gasteiger partial charge is 0.132 e. The van der Waals surface area contributed by atoms with Crippen LogP contribution in [-0.2, 0) is 5.41 Å². The van der Waals surface area contributed by atoms with Gasteiger partial charge < -0.3 is 4.74 Å². The Morgan fingerprint density at radius 1 is 0.383 bits per heavy atom. The summed E-state index contributed by atoms with van der Waals surface area (Å²) in [5.41, 5.74) is 6.62. The monoisotopic (exact) mass is 616 g/mol. The van der Waals surface area contributed by atoms with Crippen LogP contribution in [0.1, 0.15) is 22.3 Å². The highest BCUT2D eigenvalue weighted by atomic mass is 32.1. The molecule has 220 valence electrons. The Morgan fingerprint density at radius 2 is 0.915 bits per heavy atom. The molecule has 0 saturated carbocycles. The van der Waals surface area contributed by atoms with Gasteiger partial charge in [0, 0.05) is 31.3 Å². The first-order valence-electron chi connectivity index (χ1n) is 16.1. The molecule has 0 saturated heterocycles. The normalized spacial score (nSPS) is 13.4. The van der Waals surface area contributed by atoms with Gasteiger partial charge in [0.05, 0.1) is 5.41 Å². The molecule has 0 atom stereocenters. The molecular formula is C45H28OS. The summed E-state index contributed by atoms with van der Waals surface area (Å²) >= 11 is 1.87. The Labute approximate surface area is 276 Å². The zero-order chi connectivity index (χ0) is 31.0. The van der Waals surface area contributed by atoms with E-state index in [-0.39, 0.29) is 0 Å². The molecule has 0 radical (unpaired) electrons. The largest absolute Gasteiger partial charge is 0.457 e. The van der Waals surface area contributed by atoms with E-state index >= 15 is 0 Å². The van der Waals surface area contributed by atoms with E-state index in [4.69, 9.17) is 4.74 Å².